The van der Waals surface area contributed by atoms with Crippen molar-refractivity contribution in [3.05, 3.63) is 52.8 Å². The van der Waals surface area contributed by atoms with Gasteiger partial charge in [-0.05, 0) is 56.0 Å². The molecule has 2 heterocycles. The minimum atomic E-state index is -3.87. The summed E-state index contributed by atoms with van der Waals surface area (Å²) in [5.41, 5.74) is 2.36. The molecule has 1 amide bonds. The Morgan fingerprint density at radius 1 is 1.33 bits per heavy atom. The molecule has 0 spiro atoms. The van der Waals surface area contributed by atoms with Crippen LogP contribution in [0, 0.1) is 12.8 Å². The number of carbonyl (C=O) groups is 1. The van der Waals surface area contributed by atoms with Gasteiger partial charge in [-0.3, -0.25) is 9.48 Å². The topological polar surface area (TPSA) is 98.0 Å². The van der Waals surface area contributed by atoms with Crippen molar-refractivity contribution >= 4 is 44.7 Å². The van der Waals surface area contributed by atoms with Gasteiger partial charge < -0.3 is 4.57 Å². The second-order valence-electron chi connectivity index (χ2n) is 7.43. The third-order valence-electron chi connectivity index (χ3n) is 5.01. The molecule has 158 valence electrons. The molecule has 3 aromatic rings. The smallest absolute Gasteiger partial charge is 0.301 e. The van der Waals surface area contributed by atoms with Crippen LogP contribution in [0.3, 0.4) is 0 Å². The zero-order valence-corrected chi connectivity index (χ0v) is 18.2. The number of rotatable bonds is 7. The summed E-state index contributed by atoms with van der Waals surface area (Å²) in [6, 6.07) is 7.55. The van der Waals surface area contributed by atoms with E-state index in [9.17, 15) is 13.2 Å². The largest absolute Gasteiger partial charge is 0.301 e. The minimum Gasteiger partial charge on any atom is -0.301 e. The van der Waals surface area contributed by atoms with E-state index in [0.717, 1.165) is 29.6 Å². The standard InChI is InChI=1S/C20H22ClN5O3S/c1-13-17(6-8-19(27)24-30(28,29)22-12-14-3-4-14)20(25(2)23-13)26-10-9-15-11-16(21)5-7-18(15)26/h5-11,14,22H,3-4,12H2,1-2H3,(H,24,27). The summed E-state index contributed by atoms with van der Waals surface area (Å²) in [7, 11) is -2.06. The molecule has 1 fully saturated rings. The highest BCUT2D eigenvalue weighted by molar-refractivity contribution is 7.88. The number of nitrogens with one attached hydrogen (secondary N) is 2. The van der Waals surface area contributed by atoms with Crippen LogP contribution in [0.1, 0.15) is 24.1 Å². The Labute approximate surface area is 179 Å². The number of aryl methyl sites for hydroxylation is 2. The third kappa shape index (κ3) is 4.43. The van der Waals surface area contributed by atoms with E-state index in [1.165, 1.54) is 6.08 Å². The van der Waals surface area contributed by atoms with Crippen LogP contribution in [0.2, 0.25) is 5.02 Å². The monoisotopic (exact) mass is 447 g/mol. The van der Waals surface area contributed by atoms with Gasteiger partial charge in [0.2, 0.25) is 0 Å². The van der Waals surface area contributed by atoms with Crippen LogP contribution >= 0.6 is 11.6 Å². The molecule has 1 aromatic carbocycles. The summed E-state index contributed by atoms with van der Waals surface area (Å²) in [5, 5.41) is 6.08. The van der Waals surface area contributed by atoms with Crippen molar-refractivity contribution in [2.75, 3.05) is 6.54 Å². The first-order valence-corrected chi connectivity index (χ1v) is 11.4. The van der Waals surface area contributed by atoms with Gasteiger partial charge >= 0.3 is 10.2 Å². The summed E-state index contributed by atoms with van der Waals surface area (Å²) in [6.45, 7) is 2.18. The molecular formula is C20H22ClN5O3S. The third-order valence-corrected chi connectivity index (χ3v) is 6.26. The Morgan fingerprint density at radius 3 is 2.83 bits per heavy atom. The summed E-state index contributed by atoms with van der Waals surface area (Å²) in [4.78, 5) is 12.2. The highest BCUT2D eigenvalue weighted by Gasteiger charge is 2.24. The molecular weight excluding hydrogens is 426 g/mol. The molecule has 30 heavy (non-hydrogen) atoms. The van der Waals surface area contributed by atoms with Crippen molar-refractivity contribution in [3.8, 4) is 5.82 Å². The Hall–Kier alpha value is -2.62. The molecule has 4 rings (SSSR count). The summed E-state index contributed by atoms with van der Waals surface area (Å²) in [6.07, 6.45) is 6.71. The summed E-state index contributed by atoms with van der Waals surface area (Å²) < 4.78 is 32.0. The molecule has 2 N–H and O–H groups in total. The fraction of sp³-hybridized carbons (Fsp3) is 0.300. The first-order valence-electron chi connectivity index (χ1n) is 9.53. The Kier molecular flexibility index (Phi) is 5.44. The lowest BCUT2D eigenvalue weighted by Gasteiger charge is -2.08. The van der Waals surface area contributed by atoms with E-state index in [4.69, 9.17) is 11.6 Å². The van der Waals surface area contributed by atoms with Crippen LogP contribution in [0.25, 0.3) is 22.8 Å². The van der Waals surface area contributed by atoms with E-state index in [1.807, 2.05) is 53.7 Å². The van der Waals surface area contributed by atoms with Crippen molar-refractivity contribution in [2.24, 2.45) is 13.0 Å². The van der Waals surface area contributed by atoms with E-state index >= 15 is 0 Å². The molecule has 1 saturated carbocycles. The normalized spacial score (nSPS) is 14.6. The van der Waals surface area contributed by atoms with Gasteiger partial charge in [-0.25, -0.2) is 4.72 Å². The van der Waals surface area contributed by atoms with Crippen LogP contribution in [-0.2, 0) is 22.1 Å². The molecule has 0 saturated heterocycles. The van der Waals surface area contributed by atoms with E-state index in [0.29, 0.717) is 28.7 Å². The zero-order chi connectivity index (χ0) is 21.5. The molecule has 0 bridgehead atoms. The number of fused-ring (bicyclic) bond motifs is 1. The molecule has 0 atom stereocenters. The predicted octanol–water partition coefficient (Wildman–Crippen LogP) is 2.70. The van der Waals surface area contributed by atoms with Crippen LogP contribution in [0.15, 0.2) is 36.5 Å². The lowest BCUT2D eigenvalue weighted by Crippen LogP contribution is -2.40. The first kappa shape index (κ1) is 20.6. The molecule has 8 nitrogen and oxygen atoms in total. The average Bonchev–Trinajstić information content (AvgIpc) is 3.35. The second kappa shape index (κ2) is 7.90. The van der Waals surface area contributed by atoms with Crippen molar-refractivity contribution in [1.82, 2.24) is 23.8 Å². The lowest BCUT2D eigenvalue weighted by molar-refractivity contribution is -0.114. The zero-order valence-electron chi connectivity index (χ0n) is 16.6. The van der Waals surface area contributed by atoms with Crippen LogP contribution in [-0.4, -0.2) is 35.2 Å². The van der Waals surface area contributed by atoms with E-state index in [-0.39, 0.29) is 0 Å². The maximum atomic E-state index is 12.2. The van der Waals surface area contributed by atoms with Gasteiger partial charge in [-0.2, -0.15) is 18.2 Å². The van der Waals surface area contributed by atoms with Crippen molar-refractivity contribution < 1.29 is 13.2 Å². The quantitative estimate of drug-likeness (QED) is 0.544. The number of benzene rings is 1. The molecule has 1 aliphatic rings. The first-order chi connectivity index (χ1) is 14.2. The van der Waals surface area contributed by atoms with Crippen molar-refractivity contribution in [3.63, 3.8) is 0 Å². The Balaban J connectivity index is 1.59. The van der Waals surface area contributed by atoms with Gasteiger partial charge in [0, 0.05) is 41.8 Å². The fourth-order valence-corrected chi connectivity index (χ4v) is 4.39. The van der Waals surface area contributed by atoms with Crippen LogP contribution in [0.4, 0.5) is 0 Å². The predicted molar refractivity (Wildman–Crippen MR) is 117 cm³/mol. The number of aromatic nitrogens is 3. The average molecular weight is 448 g/mol. The van der Waals surface area contributed by atoms with Gasteiger partial charge in [0.05, 0.1) is 11.2 Å². The SMILES string of the molecule is Cc1nn(C)c(-n2ccc3cc(Cl)ccc32)c1C=CC(=O)NS(=O)(=O)NCC1CC1. The highest BCUT2D eigenvalue weighted by atomic mass is 35.5. The van der Waals surface area contributed by atoms with Gasteiger partial charge in [-0.1, -0.05) is 11.6 Å². The number of carbonyl (C=O) groups excluding carboxylic acids is 1. The lowest BCUT2D eigenvalue weighted by atomic mass is 10.2. The fourth-order valence-electron chi connectivity index (χ4n) is 3.35. The molecule has 0 unspecified atom stereocenters. The summed E-state index contributed by atoms with van der Waals surface area (Å²) >= 11 is 6.08. The molecule has 0 aliphatic heterocycles. The maximum Gasteiger partial charge on any atom is 0.301 e. The minimum absolute atomic E-state index is 0.350. The highest BCUT2D eigenvalue weighted by Crippen LogP contribution is 2.28. The Bertz CT molecular complexity index is 1250. The summed E-state index contributed by atoms with van der Waals surface area (Å²) in [5.74, 6) is 0.402. The van der Waals surface area contributed by atoms with Crippen molar-refractivity contribution in [2.45, 2.75) is 19.8 Å². The number of nitrogens with zero attached hydrogens (tertiary/aromatic N) is 3. The van der Waals surface area contributed by atoms with E-state index < -0.39 is 16.1 Å². The number of hydrogen-bond donors (Lipinski definition) is 2. The van der Waals surface area contributed by atoms with Gasteiger partial charge in [-0.15, -0.1) is 0 Å². The number of halogens is 1. The molecule has 2 aromatic heterocycles. The second-order valence-corrected chi connectivity index (χ2v) is 9.37. The number of hydrogen-bond acceptors (Lipinski definition) is 4. The van der Waals surface area contributed by atoms with E-state index in [1.54, 1.807) is 10.8 Å². The van der Waals surface area contributed by atoms with Crippen LogP contribution < -0.4 is 9.44 Å². The number of amides is 1. The van der Waals surface area contributed by atoms with Crippen LogP contribution in [0.5, 0.6) is 0 Å². The van der Waals surface area contributed by atoms with E-state index in [2.05, 4.69) is 9.82 Å². The Morgan fingerprint density at radius 2 is 2.10 bits per heavy atom. The van der Waals surface area contributed by atoms with Gasteiger partial charge in [0.15, 0.2) is 0 Å². The van der Waals surface area contributed by atoms with Crippen molar-refractivity contribution in [1.29, 1.82) is 0 Å². The van der Waals surface area contributed by atoms with Gasteiger partial charge in [0.1, 0.15) is 5.82 Å². The molecule has 1 aliphatic carbocycles. The maximum absolute atomic E-state index is 12.2. The molecule has 0 radical (unpaired) electrons. The van der Waals surface area contributed by atoms with Gasteiger partial charge in [0.25, 0.3) is 5.91 Å². The molecule has 10 heteroatoms.